The predicted octanol–water partition coefficient (Wildman–Crippen LogP) is -0.451. The lowest BCUT2D eigenvalue weighted by Gasteiger charge is -1.69. The average molecular weight is 197 g/mol. The van der Waals surface area contributed by atoms with Gasteiger partial charge in [0.05, 0.1) is 0 Å². The number of hydrogen-bond acceptors (Lipinski definition) is 2. The highest BCUT2D eigenvalue weighted by molar-refractivity contribution is 5.71. The number of amides is 2. The number of primary amides is 2. The van der Waals surface area contributed by atoms with E-state index in [1.54, 1.807) is 0 Å². The molecule has 0 aliphatic carbocycles. The van der Waals surface area contributed by atoms with Crippen LogP contribution < -0.4 is 22.9 Å². The van der Waals surface area contributed by atoms with Gasteiger partial charge in [-0.05, 0) is 0 Å². The monoisotopic (exact) mass is 197 g/mol. The number of carbonyl (C=O) groups is 1. The molecule has 0 radical (unpaired) electrons. The second kappa shape index (κ2) is 10.8. The molecule has 1 aromatic rings. The van der Waals surface area contributed by atoms with Gasteiger partial charge in [0.15, 0.2) is 5.96 Å². The van der Waals surface area contributed by atoms with Crippen LogP contribution in [0.3, 0.4) is 0 Å². The minimum atomic E-state index is -0.833. The zero-order chi connectivity index (χ0) is 11.4. The van der Waals surface area contributed by atoms with E-state index < -0.39 is 6.03 Å². The molecule has 2 amide bonds. The molecule has 0 unspecified atom stereocenters. The lowest BCUT2D eigenvalue weighted by atomic mass is 10.4. The van der Waals surface area contributed by atoms with Gasteiger partial charge in [0.2, 0.25) is 0 Å². The normalized spacial score (nSPS) is 6.86. The number of benzene rings is 1. The average Bonchev–Trinajstić information content (AvgIpc) is 2.05. The number of nitrogens with one attached hydrogen (secondary N) is 1. The highest BCUT2D eigenvalue weighted by Crippen LogP contribution is 1.79. The largest absolute Gasteiger partial charge is 0.370 e. The number of nitrogens with two attached hydrogens (primary N) is 4. The summed E-state index contributed by atoms with van der Waals surface area (Å²) in [6.45, 7) is 0. The molecule has 0 atom stereocenters. The van der Waals surface area contributed by atoms with E-state index in [4.69, 9.17) is 10.2 Å². The van der Waals surface area contributed by atoms with Gasteiger partial charge in [0, 0.05) is 0 Å². The summed E-state index contributed by atoms with van der Waals surface area (Å²) in [5.41, 5.74) is 17.4. The van der Waals surface area contributed by atoms with E-state index >= 15 is 0 Å². The molecule has 1 aromatic carbocycles. The minimum Gasteiger partial charge on any atom is -0.370 e. The molecular formula is C8H15N5O. The summed E-state index contributed by atoms with van der Waals surface area (Å²) in [5, 5.41) is 6.06. The van der Waals surface area contributed by atoms with Gasteiger partial charge in [-0.2, -0.15) is 0 Å². The molecule has 1 rings (SSSR count). The van der Waals surface area contributed by atoms with Crippen LogP contribution in [-0.4, -0.2) is 12.0 Å². The lowest BCUT2D eigenvalue weighted by Crippen LogP contribution is -2.20. The van der Waals surface area contributed by atoms with Crippen LogP contribution in [0.1, 0.15) is 0 Å². The smallest absolute Gasteiger partial charge is 0.309 e. The van der Waals surface area contributed by atoms with Crippen LogP contribution in [0.5, 0.6) is 0 Å². The van der Waals surface area contributed by atoms with Crippen molar-refractivity contribution >= 4 is 12.0 Å². The Balaban J connectivity index is 0. The Morgan fingerprint density at radius 3 is 0.929 bits per heavy atom. The quantitative estimate of drug-likeness (QED) is 0.283. The first-order valence-corrected chi connectivity index (χ1v) is 3.61. The minimum absolute atomic E-state index is 0.333. The fourth-order valence-electron chi connectivity index (χ4n) is 0.385. The molecule has 0 aliphatic heterocycles. The van der Waals surface area contributed by atoms with Gasteiger partial charge in [0.1, 0.15) is 0 Å². The van der Waals surface area contributed by atoms with Crippen LogP contribution in [0.2, 0.25) is 0 Å². The standard InChI is InChI=1S/C6H6.CH5N3.CH4N2O/c1-2-4-6-5-3-1;2*2-1(3)4/h1-6H;(H5,2,3,4);(H4,2,3,4). The first-order chi connectivity index (χ1) is 6.46. The Kier molecular flexibility index (Phi) is 11.0. The summed E-state index contributed by atoms with van der Waals surface area (Å²) in [6, 6.07) is 11.2. The molecule has 6 heteroatoms. The third-order valence-electron chi connectivity index (χ3n) is 0.667. The van der Waals surface area contributed by atoms with Crippen molar-refractivity contribution < 1.29 is 4.79 Å². The van der Waals surface area contributed by atoms with Gasteiger partial charge in [-0.15, -0.1) is 0 Å². The van der Waals surface area contributed by atoms with Crippen molar-refractivity contribution in [2.24, 2.45) is 22.9 Å². The highest BCUT2D eigenvalue weighted by Gasteiger charge is 1.60. The maximum absolute atomic E-state index is 9.00. The Labute approximate surface area is 82.4 Å². The molecule has 78 valence electrons. The van der Waals surface area contributed by atoms with Crippen LogP contribution >= 0.6 is 0 Å². The third kappa shape index (κ3) is 53.0. The maximum atomic E-state index is 9.00. The van der Waals surface area contributed by atoms with Crippen LogP contribution in [0.15, 0.2) is 36.4 Å². The van der Waals surface area contributed by atoms with Crippen molar-refractivity contribution in [3.05, 3.63) is 36.4 Å². The molecule has 6 nitrogen and oxygen atoms in total. The van der Waals surface area contributed by atoms with Gasteiger partial charge in [-0.25, -0.2) is 4.79 Å². The number of carbonyl (C=O) groups excluding carboxylic acids is 1. The van der Waals surface area contributed by atoms with Gasteiger partial charge in [0.25, 0.3) is 0 Å². The Hall–Kier alpha value is -2.24. The SMILES string of the molecule is N=C(N)N.NC(N)=O.c1ccccc1. The second-order valence-corrected chi connectivity index (χ2v) is 2.01. The summed E-state index contributed by atoms with van der Waals surface area (Å²) in [5.74, 6) is -0.333. The number of urea groups is 1. The number of guanidine groups is 1. The molecule has 0 bridgehead atoms. The molecule has 14 heavy (non-hydrogen) atoms. The van der Waals surface area contributed by atoms with Gasteiger partial charge >= 0.3 is 6.03 Å². The van der Waals surface area contributed by atoms with Crippen molar-refractivity contribution in [3.63, 3.8) is 0 Å². The van der Waals surface area contributed by atoms with E-state index in [1.807, 2.05) is 36.4 Å². The zero-order valence-electron chi connectivity index (χ0n) is 7.68. The van der Waals surface area contributed by atoms with E-state index in [-0.39, 0.29) is 5.96 Å². The molecule has 0 spiro atoms. The Morgan fingerprint density at radius 2 is 0.857 bits per heavy atom. The van der Waals surface area contributed by atoms with Crippen LogP contribution in [0.4, 0.5) is 4.79 Å². The summed E-state index contributed by atoms with van der Waals surface area (Å²) < 4.78 is 0. The first-order valence-electron chi connectivity index (χ1n) is 3.61. The molecule has 0 heterocycles. The summed E-state index contributed by atoms with van der Waals surface area (Å²) in [7, 11) is 0. The number of rotatable bonds is 0. The molecular weight excluding hydrogens is 182 g/mol. The topological polar surface area (TPSA) is 145 Å². The number of hydrogen-bond donors (Lipinski definition) is 5. The van der Waals surface area contributed by atoms with E-state index in [0.29, 0.717) is 0 Å². The molecule has 0 saturated heterocycles. The lowest BCUT2D eigenvalue weighted by molar-refractivity contribution is 0.256. The van der Waals surface area contributed by atoms with Crippen molar-refractivity contribution in [3.8, 4) is 0 Å². The van der Waals surface area contributed by atoms with E-state index in [1.165, 1.54) is 0 Å². The maximum Gasteiger partial charge on any atom is 0.309 e. The highest BCUT2D eigenvalue weighted by atomic mass is 16.2. The predicted molar refractivity (Wildman–Crippen MR) is 56.3 cm³/mol. The molecule has 0 saturated carbocycles. The van der Waals surface area contributed by atoms with Crippen molar-refractivity contribution in [2.75, 3.05) is 0 Å². The van der Waals surface area contributed by atoms with Crippen molar-refractivity contribution in [2.45, 2.75) is 0 Å². The zero-order valence-corrected chi connectivity index (χ0v) is 7.68. The molecule has 9 N–H and O–H groups in total. The van der Waals surface area contributed by atoms with Crippen molar-refractivity contribution in [1.82, 2.24) is 0 Å². The Morgan fingerprint density at radius 1 is 0.786 bits per heavy atom. The van der Waals surface area contributed by atoms with Crippen LogP contribution in [-0.2, 0) is 0 Å². The van der Waals surface area contributed by atoms with E-state index in [9.17, 15) is 0 Å². The Bertz CT molecular complexity index is 202. The summed E-state index contributed by atoms with van der Waals surface area (Å²) >= 11 is 0. The van der Waals surface area contributed by atoms with Crippen LogP contribution in [0, 0.1) is 5.41 Å². The van der Waals surface area contributed by atoms with E-state index in [2.05, 4.69) is 22.9 Å². The van der Waals surface area contributed by atoms with Gasteiger partial charge in [-0.1, -0.05) is 36.4 Å². The van der Waals surface area contributed by atoms with Gasteiger partial charge < -0.3 is 22.9 Å². The first kappa shape index (κ1) is 14.3. The third-order valence-corrected chi connectivity index (χ3v) is 0.667. The summed E-state index contributed by atoms with van der Waals surface area (Å²) in [6.07, 6.45) is 0. The fraction of sp³-hybridized carbons (Fsp3) is 0. The van der Waals surface area contributed by atoms with Crippen molar-refractivity contribution in [1.29, 1.82) is 5.41 Å². The van der Waals surface area contributed by atoms with E-state index in [0.717, 1.165) is 0 Å². The summed E-state index contributed by atoms with van der Waals surface area (Å²) in [4.78, 5) is 9.00. The molecule has 0 fully saturated rings. The molecule has 0 aromatic heterocycles. The van der Waals surface area contributed by atoms with Crippen LogP contribution in [0.25, 0.3) is 0 Å². The molecule has 0 aliphatic rings. The second-order valence-electron chi connectivity index (χ2n) is 2.01. The fourth-order valence-corrected chi connectivity index (χ4v) is 0.385. The van der Waals surface area contributed by atoms with Gasteiger partial charge in [-0.3, -0.25) is 5.41 Å².